The Hall–Kier alpha value is -1.56. The predicted octanol–water partition coefficient (Wildman–Crippen LogP) is 4.97. The van der Waals surface area contributed by atoms with Gasteiger partial charge >= 0.3 is 0 Å². The van der Waals surface area contributed by atoms with E-state index in [9.17, 15) is 4.79 Å². The van der Waals surface area contributed by atoms with Crippen molar-refractivity contribution < 1.29 is 9.53 Å². The van der Waals surface area contributed by atoms with Crippen LogP contribution in [0.4, 0.5) is 5.69 Å². The van der Waals surface area contributed by atoms with E-state index < -0.39 is 6.10 Å². The first-order valence-corrected chi connectivity index (χ1v) is 9.58. The SMILES string of the molecule is CC[C@H](Oc1ccc2c(c1)CCCC2)C(=O)Nc1ccc(I)cc1. The van der Waals surface area contributed by atoms with Crippen molar-refractivity contribution in [3.63, 3.8) is 0 Å². The van der Waals surface area contributed by atoms with Crippen LogP contribution in [0.3, 0.4) is 0 Å². The molecule has 126 valence electrons. The maximum absolute atomic E-state index is 12.5. The first-order valence-electron chi connectivity index (χ1n) is 8.50. The van der Waals surface area contributed by atoms with E-state index in [1.807, 2.05) is 37.3 Å². The molecule has 0 fully saturated rings. The molecule has 0 spiro atoms. The molecule has 3 rings (SSSR count). The van der Waals surface area contributed by atoms with Crippen molar-refractivity contribution in [3.8, 4) is 5.75 Å². The molecular weight excluding hydrogens is 413 g/mol. The molecule has 0 saturated heterocycles. The Labute approximate surface area is 156 Å². The monoisotopic (exact) mass is 435 g/mol. The Morgan fingerprint density at radius 2 is 1.83 bits per heavy atom. The molecule has 4 heteroatoms. The lowest BCUT2D eigenvalue weighted by atomic mass is 9.92. The molecule has 0 radical (unpaired) electrons. The van der Waals surface area contributed by atoms with Crippen molar-refractivity contribution in [2.75, 3.05) is 5.32 Å². The highest BCUT2D eigenvalue weighted by Gasteiger charge is 2.19. The van der Waals surface area contributed by atoms with Gasteiger partial charge in [0, 0.05) is 9.26 Å². The number of carbonyl (C=O) groups is 1. The predicted molar refractivity (Wildman–Crippen MR) is 106 cm³/mol. The van der Waals surface area contributed by atoms with E-state index in [4.69, 9.17) is 4.74 Å². The fraction of sp³-hybridized carbons (Fsp3) is 0.350. The Balaban J connectivity index is 1.67. The van der Waals surface area contributed by atoms with Crippen molar-refractivity contribution in [1.82, 2.24) is 0 Å². The van der Waals surface area contributed by atoms with Crippen LogP contribution in [0.25, 0.3) is 0 Å². The molecule has 1 amide bonds. The number of nitrogens with one attached hydrogen (secondary N) is 1. The normalized spacial score (nSPS) is 14.6. The molecule has 0 heterocycles. The van der Waals surface area contributed by atoms with Gasteiger partial charge in [0.1, 0.15) is 5.75 Å². The summed E-state index contributed by atoms with van der Waals surface area (Å²) in [5, 5.41) is 2.94. The van der Waals surface area contributed by atoms with Gasteiger partial charge in [-0.2, -0.15) is 0 Å². The summed E-state index contributed by atoms with van der Waals surface area (Å²) in [6.45, 7) is 1.97. The fourth-order valence-electron chi connectivity index (χ4n) is 3.03. The van der Waals surface area contributed by atoms with Gasteiger partial charge in [0.25, 0.3) is 5.91 Å². The summed E-state index contributed by atoms with van der Waals surface area (Å²) < 4.78 is 7.12. The average Bonchev–Trinajstić information content (AvgIpc) is 2.61. The molecule has 0 unspecified atom stereocenters. The van der Waals surface area contributed by atoms with Gasteiger partial charge in [-0.3, -0.25) is 4.79 Å². The largest absolute Gasteiger partial charge is 0.481 e. The first kappa shape index (κ1) is 17.3. The van der Waals surface area contributed by atoms with Gasteiger partial charge in [-0.05, 0) is 102 Å². The highest BCUT2D eigenvalue weighted by atomic mass is 127. The molecule has 2 aromatic rings. The minimum absolute atomic E-state index is 0.101. The Morgan fingerprint density at radius 1 is 1.12 bits per heavy atom. The van der Waals surface area contributed by atoms with Gasteiger partial charge in [0.15, 0.2) is 6.10 Å². The van der Waals surface area contributed by atoms with Crippen molar-refractivity contribution in [2.45, 2.75) is 45.1 Å². The molecule has 2 aromatic carbocycles. The zero-order chi connectivity index (χ0) is 16.9. The smallest absolute Gasteiger partial charge is 0.265 e. The maximum atomic E-state index is 12.5. The molecule has 1 N–H and O–H groups in total. The molecule has 1 aliphatic carbocycles. The van der Waals surface area contributed by atoms with E-state index in [0.29, 0.717) is 6.42 Å². The molecule has 1 aliphatic rings. The number of benzene rings is 2. The van der Waals surface area contributed by atoms with Gasteiger partial charge in [-0.1, -0.05) is 13.0 Å². The van der Waals surface area contributed by atoms with Crippen LogP contribution in [-0.2, 0) is 17.6 Å². The Morgan fingerprint density at radius 3 is 2.54 bits per heavy atom. The summed E-state index contributed by atoms with van der Waals surface area (Å²) in [6.07, 6.45) is 4.92. The highest BCUT2D eigenvalue weighted by molar-refractivity contribution is 14.1. The summed E-state index contributed by atoms with van der Waals surface area (Å²) in [5.74, 6) is 0.691. The summed E-state index contributed by atoms with van der Waals surface area (Å²) >= 11 is 2.25. The number of hydrogen-bond acceptors (Lipinski definition) is 2. The number of aryl methyl sites for hydroxylation is 2. The molecule has 1 atom stereocenters. The van der Waals surface area contributed by atoms with Gasteiger partial charge in [0.2, 0.25) is 0 Å². The van der Waals surface area contributed by atoms with Crippen molar-refractivity contribution in [1.29, 1.82) is 0 Å². The number of halogens is 1. The second-order valence-corrected chi connectivity index (χ2v) is 7.39. The van der Waals surface area contributed by atoms with Crippen LogP contribution in [0.1, 0.15) is 37.3 Å². The molecule has 3 nitrogen and oxygen atoms in total. The zero-order valence-electron chi connectivity index (χ0n) is 13.8. The standard InChI is InChI=1S/C20H22INO2/c1-2-19(20(23)22-17-10-8-16(21)9-11-17)24-18-12-7-14-5-3-4-6-15(14)13-18/h7-13,19H,2-6H2,1H3,(H,22,23)/t19-/m0/s1. The van der Waals surface area contributed by atoms with Crippen LogP contribution in [0.15, 0.2) is 42.5 Å². The average molecular weight is 435 g/mol. The van der Waals surface area contributed by atoms with Gasteiger partial charge in [-0.15, -0.1) is 0 Å². The van der Waals surface area contributed by atoms with Crippen LogP contribution in [-0.4, -0.2) is 12.0 Å². The van der Waals surface area contributed by atoms with Crippen LogP contribution in [0, 0.1) is 3.57 Å². The molecule has 0 aliphatic heterocycles. The quantitative estimate of drug-likeness (QED) is 0.674. The first-order chi connectivity index (χ1) is 11.7. The highest BCUT2D eigenvalue weighted by Crippen LogP contribution is 2.26. The Bertz CT molecular complexity index is 712. The molecule has 0 bridgehead atoms. The zero-order valence-corrected chi connectivity index (χ0v) is 16.0. The second-order valence-electron chi connectivity index (χ2n) is 6.15. The third-order valence-electron chi connectivity index (χ3n) is 4.37. The van der Waals surface area contributed by atoms with E-state index in [2.05, 4.69) is 40.0 Å². The summed E-state index contributed by atoms with van der Waals surface area (Å²) in [7, 11) is 0. The second kappa shape index (κ2) is 8.01. The molecule has 24 heavy (non-hydrogen) atoms. The van der Waals surface area contributed by atoms with Crippen LogP contribution < -0.4 is 10.1 Å². The van der Waals surface area contributed by atoms with Crippen LogP contribution in [0.2, 0.25) is 0 Å². The van der Waals surface area contributed by atoms with E-state index in [-0.39, 0.29) is 5.91 Å². The topological polar surface area (TPSA) is 38.3 Å². The van der Waals surface area contributed by atoms with E-state index >= 15 is 0 Å². The lowest BCUT2D eigenvalue weighted by Crippen LogP contribution is -2.32. The summed E-state index contributed by atoms with van der Waals surface area (Å²) in [4.78, 5) is 12.5. The minimum Gasteiger partial charge on any atom is -0.481 e. The number of ether oxygens (including phenoxy) is 1. The van der Waals surface area contributed by atoms with Crippen LogP contribution in [0.5, 0.6) is 5.75 Å². The number of rotatable bonds is 5. The van der Waals surface area contributed by atoms with E-state index in [0.717, 1.165) is 27.8 Å². The summed E-state index contributed by atoms with van der Waals surface area (Å²) in [5.41, 5.74) is 3.59. The molecular formula is C20H22INO2. The Kier molecular flexibility index (Phi) is 5.76. The van der Waals surface area contributed by atoms with E-state index in [1.165, 1.54) is 24.0 Å². The fourth-order valence-corrected chi connectivity index (χ4v) is 3.39. The number of amides is 1. The number of hydrogen-bond donors (Lipinski definition) is 1. The van der Waals surface area contributed by atoms with Gasteiger partial charge in [-0.25, -0.2) is 0 Å². The summed E-state index contributed by atoms with van der Waals surface area (Å²) in [6, 6.07) is 14.0. The number of fused-ring (bicyclic) bond motifs is 1. The number of anilines is 1. The lowest BCUT2D eigenvalue weighted by molar-refractivity contribution is -0.122. The third kappa shape index (κ3) is 4.29. The molecule has 0 saturated carbocycles. The maximum Gasteiger partial charge on any atom is 0.265 e. The lowest BCUT2D eigenvalue weighted by Gasteiger charge is -2.20. The van der Waals surface area contributed by atoms with Crippen molar-refractivity contribution in [3.05, 3.63) is 57.2 Å². The number of carbonyl (C=O) groups excluding carboxylic acids is 1. The van der Waals surface area contributed by atoms with Crippen LogP contribution >= 0.6 is 22.6 Å². The minimum atomic E-state index is -0.481. The van der Waals surface area contributed by atoms with Crippen molar-refractivity contribution >= 4 is 34.2 Å². The van der Waals surface area contributed by atoms with Gasteiger partial charge < -0.3 is 10.1 Å². The third-order valence-corrected chi connectivity index (χ3v) is 5.09. The molecule has 0 aromatic heterocycles. The van der Waals surface area contributed by atoms with Crippen molar-refractivity contribution in [2.24, 2.45) is 0 Å². The van der Waals surface area contributed by atoms with Gasteiger partial charge in [0.05, 0.1) is 0 Å². The van der Waals surface area contributed by atoms with E-state index in [1.54, 1.807) is 0 Å².